The minimum Gasteiger partial charge on any atom is -0.494 e. The van der Waals surface area contributed by atoms with Crippen molar-refractivity contribution in [3.8, 4) is 5.75 Å². The molecule has 18 heavy (non-hydrogen) atoms. The quantitative estimate of drug-likeness (QED) is 0.897. The van der Waals surface area contributed by atoms with Gasteiger partial charge in [0.05, 0.1) is 13.3 Å². The molecule has 0 fully saturated rings. The number of carbonyl (C=O) groups is 1. The van der Waals surface area contributed by atoms with E-state index in [4.69, 9.17) is 10.5 Å². The fourth-order valence-electron chi connectivity index (χ4n) is 1.63. The van der Waals surface area contributed by atoms with Crippen LogP contribution in [0.1, 0.15) is 11.1 Å². The molecule has 2 N–H and O–H groups in total. The van der Waals surface area contributed by atoms with Crippen molar-refractivity contribution in [2.75, 3.05) is 7.11 Å². The minimum atomic E-state index is -0.651. The average molecular weight is 249 g/mol. The molecule has 0 aliphatic carbocycles. The predicted molar refractivity (Wildman–Crippen MR) is 63.0 cm³/mol. The lowest BCUT2D eigenvalue weighted by Crippen LogP contribution is -2.19. The Balaban J connectivity index is 2.18. The first-order chi connectivity index (χ1) is 8.60. The number of carbonyl (C=O) groups excluding carboxylic acids is 1. The molecule has 94 valence electrons. The lowest BCUT2D eigenvalue weighted by atomic mass is 10.1. The van der Waals surface area contributed by atoms with E-state index in [1.165, 1.54) is 25.6 Å². The number of nitrogens with two attached hydrogens (primary N) is 1. The third kappa shape index (κ3) is 2.48. The molecule has 5 nitrogen and oxygen atoms in total. The standard InChI is InChI=1S/C12H12FN3O2/c1-18-11-3-2-8(5-10(11)13)4-9-6-15-16(7-9)12(14)17/h2-3,5-7H,4H2,1H3,(H2,14,17). The van der Waals surface area contributed by atoms with Gasteiger partial charge in [0, 0.05) is 12.6 Å². The highest BCUT2D eigenvalue weighted by Crippen LogP contribution is 2.19. The third-order valence-corrected chi connectivity index (χ3v) is 2.49. The summed E-state index contributed by atoms with van der Waals surface area (Å²) in [5.41, 5.74) is 6.61. The molecule has 0 atom stereocenters. The second kappa shape index (κ2) is 4.87. The molecule has 6 heteroatoms. The maximum absolute atomic E-state index is 13.5. The van der Waals surface area contributed by atoms with Crippen molar-refractivity contribution >= 4 is 6.03 Å². The van der Waals surface area contributed by atoms with Gasteiger partial charge in [-0.15, -0.1) is 0 Å². The van der Waals surface area contributed by atoms with Gasteiger partial charge in [-0.05, 0) is 23.3 Å². The first kappa shape index (κ1) is 12.1. The van der Waals surface area contributed by atoms with E-state index in [1.54, 1.807) is 12.1 Å². The summed E-state index contributed by atoms with van der Waals surface area (Å²) < 4.78 is 19.3. The van der Waals surface area contributed by atoms with E-state index in [0.29, 0.717) is 6.42 Å². The fraction of sp³-hybridized carbons (Fsp3) is 0.167. The topological polar surface area (TPSA) is 70.1 Å². The van der Waals surface area contributed by atoms with Crippen molar-refractivity contribution in [2.45, 2.75) is 6.42 Å². The zero-order valence-corrected chi connectivity index (χ0v) is 9.76. The summed E-state index contributed by atoms with van der Waals surface area (Å²) in [6, 6.07) is 4.05. The molecule has 0 saturated carbocycles. The van der Waals surface area contributed by atoms with Gasteiger partial charge < -0.3 is 10.5 Å². The molecular formula is C12H12FN3O2. The van der Waals surface area contributed by atoms with Crippen molar-refractivity contribution in [3.63, 3.8) is 0 Å². The highest BCUT2D eigenvalue weighted by Gasteiger charge is 2.07. The van der Waals surface area contributed by atoms with Gasteiger partial charge in [0.25, 0.3) is 0 Å². The summed E-state index contributed by atoms with van der Waals surface area (Å²) in [5, 5.41) is 3.79. The van der Waals surface area contributed by atoms with Crippen LogP contribution < -0.4 is 10.5 Å². The highest BCUT2D eigenvalue weighted by molar-refractivity contribution is 5.73. The zero-order valence-electron chi connectivity index (χ0n) is 9.76. The van der Waals surface area contributed by atoms with Gasteiger partial charge in [0.15, 0.2) is 11.6 Å². The maximum atomic E-state index is 13.5. The van der Waals surface area contributed by atoms with Crippen LogP contribution in [0, 0.1) is 5.82 Å². The number of hydrogen-bond donors (Lipinski definition) is 1. The number of benzene rings is 1. The molecule has 0 saturated heterocycles. The second-order valence-electron chi connectivity index (χ2n) is 3.78. The molecule has 0 radical (unpaired) electrons. The average Bonchev–Trinajstić information content (AvgIpc) is 2.78. The van der Waals surface area contributed by atoms with Crippen LogP contribution in [0.5, 0.6) is 5.75 Å². The van der Waals surface area contributed by atoms with Crippen molar-refractivity contribution in [1.29, 1.82) is 0 Å². The van der Waals surface area contributed by atoms with Crippen molar-refractivity contribution in [3.05, 3.63) is 47.5 Å². The number of ether oxygens (including phenoxy) is 1. The van der Waals surface area contributed by atoms with Crippen LogP contribution in [0.15, 0.2) is 30.6 Å². The SMILES string of the molecule is COc1ccc(Cc2cnn(C(N)=O)c2)cc1F. The number of methoxy groups -OCH3 is 1. The number of aromatic nitrogens is 2. The largest absolute Gasteiger partial charge is 0.494 e. The molecule has 1 aromatic carbocycles. The number of amides is 1. The van der Waals surface area contributed by atoms with Gasteiger partial charge in [-0.3, -0.25) is 0 Å². The molecule has 2 rings (SSSR count). The molecule has 0 spiro atoms. The monoisotopic (exact) mass is 249 g/mol. The van der Waals surface area contributed by atoms with Gasteiger partial charge in [0.2, 0.25) is 0 Å². The smallest absolute Gasteiger partial charge is 0.339 e. The molecule has 0 bridgehead atoms. The van der Waals surface area contributed by atoms with Crippen molar-refractivity contribution < 1.29 is 13.9 Å². The van der Waals surface area contributed by atoms with Crippen LogP contribution in [0.2, 0.25) is 0 Å². The Labute approximate surface area is 103 Å². The van der Waals surface area contributed by atoms with E-state index in [0.717, 1.165) is 15.8 Å². The Bertz CT molecular complexity index is 580. The van der Waals surface area contributed by atoms with Gasteiger partial charge >= 0.3 is 6.03 Å². The van der Waals surface area contributed by atoms with Crippen molar-refractivity contribution in [1.82, 2.24) is 9.78 Å². The van der Waals surface area contributed by atoms with Crippen LogP contribution in [-0.4, -0.2) is 22.9 Å². The Kier molecular flexibility index (Phi) is 3.27. The Morgan fingerprint density at radius 1 is 1.50 bits per heavy atom. The fourth-order valence-corrected chi connectivity index (χ4v) is 1.63. The van der Waals surface area contributed by atoms with E-state index >= 15 is 0 Å². The van der Waals surface area contributed by atoms with E-state index in [9.17, 15) is 9.18 Å². The number of rotatable bonds is 3. The Morgan fingerprint density at radius 3 is 2.83 bits per heavy atom. The number of primary amides is 1. The normalized spacial score (nSPS) is 10.3. The van der Waals surface area contributed by atoms with Crippen molar-refractivity contribution in [2.24, 2.45) is 5.73 Å². The summed E-state index contributed by atoms with van der Waals surface area (Å²) in [6.45, 7) is 0. The molecule has 1 aromatic heterocycles. The molecule has 0 aliphatic heterocycles. The maximum Gasteiger partial charge on any atom is 0.339 e. The Morgan fingerprint density at radius 2 is 2.28 bits per heavy atom. The number of hydrogen-bond acceptors (Lipinski definition) is 3. The zero-order chi connectivity index (χ0) is 13.1. The minimum absolute atomic E-state index is 0.201. The van der Waals surface area contributed by atoms with Gasteiger partial charge in [0.1, 0.15) is 0 Å². The van der Waals surface area contributed by atoms with Crippen LogP contribution >= 0.6 is 0 Å². The lowest BCUT2D eigenvalue weighted by molar-refractivity contribution is 0.247. The summed E-state index contributed by atoms with van der Waals surface area (Å²) in [5.74, 6) is -0.219. The first-order valence-electron chi connectivity index (χ1n) is 5.26. The molecular weight excluding hydrogens is 237 g/mol. The molecule has 0 aliphatic rings. The van der Waals surface area contributed by atoms with Gasteiger partial charge in [-0.1, -0.05) is 6.07 Å². The molecule has 1 amide bonds. The van der Waals surface area contributed by atoms with E-state index in [2.05, 4.69) is 5.10 Å². The Hall–Kier alpha value is -2.37. The summed E-state index contributed by atoms with van der Waals surface area (Å²) in [6.07, 6.45) is 3.51. The van der Waals surface area contributed by atoms with Crippen LogP contribution in [0.4, 0.5) is 9.18 Å². The summed E-state index contributed by atoms with van der Waals surface area (Å²) in [4.78, 5) is 10.9. The third-order valence-electron chi connectivity index (χ3n) is 2.49. The number of halogens is 1. The van der Waals surface area contributed by atoms with Crippen LogP contribution in [0.3, 0.4) is 0 Å². The van der Waals surface area contributed by atoms with Crippen LogP contribution in [-0.2, 0) is 6.42 Å². The summed E-state index contributed by atoms with van der Waals surface area (Å²) in [7, 11) is 1.41. The molecule has 2 aromatic rings. The lowest BCUT2D eigenvalue weighted by Gasteiger charge is -2.03. The molecule has 0 unspecified atom stereocenters. The van der Waals surface area contributed by atoms with Crippen LogP contribution in [0.25, 0.3) is 0 Å². The first-order valence-corrected chi connectivity index (χ1v) is 5.26. The molecule has 1 heterocycles. The van der Waals surface area contributed by atoms with E-state index in [-0.39, 0.29) is 5.75 Å². The van der Waals surface area contributed by atoms with Gasteiger partial charge in [-0.25, -0.2) is 9.18 Å². The summed E-state index contributed by atoms with van der Waals surface area (Å²) >= 11 is 0. The van der Waals surface area contributed by atoms with E-state index < -0.39 is 11.8 Å². The second-order valence-corrected chi connectivity index (χ2v) is 3.78. The highest BCUT2D eigenvalue weighted by atomic mass is 19.1. The number of nitrogens with zero attached hydrogens (tertiary/aromatic N) is 2. The predicted octanol–water partition coefficient (Wildman–Crippen LogP) is 1.55. The van der Waals surface area contributed by atoms with Gasteiger partial charge in [-0.2, -0.15) is 9.78 Å². The van der Waals surface area contributed by atoms with E-state index in [1.807, 2.05) is 0 Å².